The average Bonchev–Trinajstić information content (AvgIpc) is 2.90. The molecule has 1 amide bonds. The number of halogens is 1. The van der Waals surface area contributed by atoms with Crippen molar-refractivity contribution in [3.8, 4) is 11.5 Å². The normalized spacial score (nSPS) is 21.9. The number of rotatable bonds is 1. The van der Waals surface area contributed by atoms with E-state index in [2.05, 4.69) is 5.32 Å². The summed E-state index contributed by atoms with van der Waals surface area (Å²) in [7, 11) is 0. The Morgan fingerprint density at radius 3 is 2.54 bits per heavy atom. The van der Waals surface area contributed by atoms with Crippen molar-refractivity contribution in [3.63, 3.8) is 0 Å². The van der Waals surface area contributed by atoms with E-state index in [1.165, 1.54) is 6.42 Å². The molecule has 0 radical (unpaired) electrons. The number of hydrogen-bond donors (Lipinski definition) is 1. The molecule has 1 aromatic carbocycles. The molecule has 0 saturated carbocycles. The third kappa shape index (κ3) is 3.33. The number of fused-ring (bicyclic) bond motifs is 1. The first-order chi connectivity index (χ1) is 11.3. The van der Waals surface area contributed by atoms with Gasteiger partial charge in [0.2, 0.25) is 0 Å². The van der Waals surface area contributed by atoms with Crippen molar-refractivity contribution in [1.29, 1.82) is 0 Å². The van der Waals surface area contributed by atoms with Crippen LogP contribution in [0.15, 0.2) is 18.2 Å². The van der Waals surface area contributed by atoms with Crippen LogP contribution < -0.4 is 14.8 Å². The average molecular weight is 353 g/mol. The van der Waals surface area contributed by atoms with Crippen LogP contribution >= 0.6 is 12.4 Å². The van der Waals surface area contributed by atoms with Gasteiger partial charge in [-0.25, -0.2) is 0 Å². The molecule has 2 fully saturated rings. The topological polar surface area (TPSA) is 50.8 Å². The van der Waals surface area contributed by atoms with E-state index in [-0.39, 0.29) is 18.3 Å². The Labute approximate surface area is 149 Å². The van der Waals surface area contributed by atoms with Gasteiger partial charge in [0, 0.05) is 31.6 Å². The van der Waals surface area contributed by atoms with Crippen LogP contribution in [0, 0.1) is 5.41 Å². The van der Waals surface area contributed by atoms with Crippen LogP contribution in [0.5, 0.6) is 11.5 Å². The first-order valence-corrected chi connectivity index (χ1v) is 8.66. The standard InChI is InChI=1S/C18H24N2O3.ClH/c21-17(20-8-5-18(6-9-20)4-7-19-13-18)14-2-3-15-16(12-14)23-11-1-10-22-15;/h2-3,12,19H,1,4-11,13H2;1H. The van der Waals surface area contributed by atoms with E-state index < -0.39 is 0 Å². The van der Waals surface area contributed by atoms with E-state index in [1.807, 2.05) is 23.1 Å². The minimum Gasteiger partial charge on any atom is -0.490 e. The van der Waals surface area contributed by atoms with Gasteiger partial charge in [-0.05, 0) is 49.4 Å². The number of nitrogens with zero attached hydrogens (tertiary/aromatic N) is 1. The fourth-order valence-corrected chi connectivity index (χ4v) is 3.89. The van der Waals surface area contributed by atoms with Crippen LogP contribution in [0.3, 0.4) is 0 Å². The number of piperidine rings is 1. The van der Waals surface area contributed by atoms with E-state index in [9.17, 15) is 4.79 Å². The lowest BCUT2D eigenvalue weighted by molar-refractivity contribution is 0.0607. The van der Waals surface area contributed by atoms with Gasteiger partial charge in [-0.2, -0.15) is 0 Å². The highest BCUT2D eigenvalue weighted by Gasteiger charge is 2.38. The number of benzene rings is 1. The van der Waals surface area contributed by atoms with Gasteiger partial charge in [0.05, 0.1) is 13.2 Å². The maximum absolute atomic E-state index is 12.8. The number of carbonyl (C=O) groups is 1. The number of ether oxygens (including phenoxy) is 2. The van der Waals surface area contributed by atoms with Gasteiger partial charge in [0.1, 0.15) is 0 Å². The Balaban J connectivity index is 0.00000169. The predicted molar refractivity (Wildman–Crippen MR) is 94.4 cm³/mol. The summed E-state index contributed by atoms with van der Waals surface area (Å²) in [6, 6.07) is 5.56. The highest BCUT2D eigenvalue weighted by atomic mass is 35.5. The van der Waals surface area contributed by atoms with Gasteiger partial charge in [-0.1, -0.05) is 0 Å². The lowest BCUT2D eigenvalue weighted by atomic mass is 9.78. The summed E-state index contributed by atoms with van der Waals surface area (Å²) < 4.78 is 11.3. The van der Waals surface area contributed by atoms with Crippen molar-refractivity contribution in [1.82, 2.24) is 10.2 Å². The Morgan fingerprint density at radius 2 is 1.83 bits per heavy atom. The molecule has 0 unspecified atom stereocenters. The zero-order chi connectivity index (χ0) is 15.7. The first-order valence-electron chi connectivity index (χ1n) is 8.66. The lowest BCUT2D eigenvalue weighted by Crippen LogP contribution is -2.44. The van der Waals surface area contributed by atoms with Crippen molar-refractivity contribution >= 4 is 18.3 Å². The summed E-state index contributed by atoms with van der Waals surface area (Å²) in [6.45, 7) is 5.26. The highest BCUT2D eigenvalue weighted by molar-refractivity contribution is 5.95. The Hall–Kier alpha value is -1.46. The van der Waals surface area contributed by atoms with E-state index in [0.29, 0.717) is 29.9 Å². The van der Waals surface area contributed by atoms with Gasteiger partial charge < -0.3 is 19.7 Å². The SMILES string of the molecule is Cl.O=C(c1ccc2c(c1)OCCCO2)N1CCC2(CCNC2)CC1. The lowest BCUT2D eigenvalue weighted by Gasteiger charge is -2.39. The van der Waals surface area contributed by atoms with Crippen LogP contribution in [-0.2, 0) is 0 Å². The number of nitrogens with one attached hydrogen (secondary N) is 1. The summed E-state index contributed by atoms with van der Waals surface area (Å²) >= 11 is 0. The molecular weight excluding hydrogens is 328 g/mol. The largest absolute Gasteiger partial charge is 0.490 e. The van der Waals surface area contributed by atoms with Gasteiger partial charge in [-0.3, -0.25) is 4.79 Å². The molecular formula is C18H25ClN2O3. The van der Waals surface area contributed by atoms with E-state index in [4.69, 9.17) is 9.47 Å². The molecule has 6 heteroatoms. The van der Waals surface area contributed by atoms with Gasteiger partial charge in [0.15, 0.2) is 11.5 Å². The van der Waals surface area contributed by atoms with Crippen molar-refractivity contribution in [2.45, 2.75) is 25.7 Å². The molecule has 3 aliphatic heterocycles. The molecule has 1 aromatic rings. The van der Waals surface area contributed by atoms with Crippen molar-refractivity contribution in [2.75, 3.05) is 39.4 Å². The summed E-state index contributed by atoms with van der Waals surface area (Å²) in [5.41, 5.74) is 1.14. The fourth-order valence-electron chi connectivity index (χ4n) is 3.89. The molecule has 1 N–H and O–H groups in total. The molecule has 5 nitrogen and oxygen atoms in total. The second kappa shape index (κ2) is 7.19. The summed E-state index contributed by atoms with van der Waals surface area (Å²) in [4.78, 5) is 14.8. The number of likely N-dealkylation sites (tertiary alicyclic amines) is 1. The number of amides is 1. The maximum Gasteiger partial charge on any atom is 0.253 e. The van der Waals surface area contributed by atoms with Gasteiger partial charge in [-0.15, -0.1) is 12.4 Å². The smallest absolute Gasteiger partial charge is 0.253 e. The fraction of sp³-hybridized carbons (Fsp3) is 0.611. The van der Waals surface area contributed by atoms with Crippen molar-refractivity contribution in [3.05, 3.63) is 23.8 Å². The molecule has 2 saturated heterocycles. The zero-order valence-corrected chi connectivity index (χ0v) is 14.7. The van der Waals surface area contributed by atoms with Gasteiger partial charge >= 0.3 is 0 Å². The zero-order valence-electron chi connectivity index (χ0n) is 13.9. The van der Waals surface area contributed by atoms with Crippen LogP contribution in [0.25, 0.3) is 0 Å². The van der Waals surface area contributed by atoms with Crippen molar-refractivity contribution < 1.29 is 14.3 Å². The molecule has 1 spiro atoms. The van der Waals surface area contributed by atoms with E-state index in [1.54, 1.807) is 0 Å². The molecule has 3 heterocycles. The molecule has 24 heavy (non-hydrogen) atoms. The minimum atomic E-state index is 0. The third-order valence-corrected chi connectivity index (χ3v) is 5.44. The van der Waals surface area contributed by atoms with Crippen molar-refractivity contribution in [2.24, 2.45) is 5.41 Å². The monoisotopic (exact) mass is 352 g/mol. The third-order valence-electron chi connectivity index (χ3n) is 5.44. The number of carbonyl (C=O) groups excluding carboxylic acids is 1. The Kier molecular flexibility index (Phi) is 5.21. The molecule has 4 rings (SSSR count). The predicted octanol–water partition coefficient (Wildman–Crippen LogP) is 2.49. The van der Waals surface area contributed by atoms with E-state index >= 15 is 0 Å². The first kappa shape index (κ1) is 17.4. The van der Waals surface area contributed by atoms with Crippen LogP contribution in [-0.4, -0.2) is 50.2 Å². The molecule has 3 aliphatic rings. The van der Waals surface area contributed by atoms with Gasteiger partial charge in [0.25, 0.3) is 5.91 Å². The molecule has 0 aromatic heterocycles. The highest BCUT2D eigenvalue weighted by Crippen LogP contribution is 2.37. The van der Waals surface area contributed by atoms with E-state index in [0.717, 1.165) is 51.2 Å². The maximum atomic E-state index is 12.8. The summed E-state index contributed by atoms with van der Waals surface area (Å²) in [5.74, 6) is 1.55. The quantitative estimate of drug-likeness (QED) is 0.843. The molecule has 0 aliphatic carbocycles. The summed E-state index contributed by atoms with van der Waals surface area (Å²) in [5, 5.41) is 3.46. The van der Waals surface area contributed by atoms with Crippen LogP contribution in [0.1, 0.15) is 36.0 Å². The molecule has 0 bridgehead atoms. The Bertz CT molecular complexity index is 592. The van der Waals surface area contributed by atoms with Crippen LogP contribution in [0.4, 0.5) is 0 Å². The molecule has 132 valence electrons. The Morgan fingerprint density at radius 1 is 1.08 bits per heavy atom. The summed E-state index contributed by atoms with van der Waals surface area (Å²) in [6.07, 6.45) is 4.34. The second-order valence-corrected chi connectivity index (χ2v) is 6.93. The number of hydrogen-bond acceptors (Lipinski definition) is 4. The minimum absolute atomic E-state index is 0. The van der Waals surface area contributed by atoms with Crippen LogP contribution in [0.2, 0.25) is 0 Å². The second-order valence-electron chi connectivity index (χ2n) is 6.93. The molecule has 0 atom stereocenters.